The Labute approximate surface area is 294 Å². The lowest BCUT2D eigenvalue weighted by Crippen LogP contribution is -2.35. The highest BCUT2D eigenvalue weighted by Gasteiger charge is 2.39. The van der Waals surface area contributed by atoms with Crippen LogP contribution in [0.2, 0.25) is 0 Å². The van der Waals surface area contributed by atoms with E-state index in [1.54, 1.807) is 42.7 Å². The van der Waals surface area contributed by atoms with E-state index in [9.17, 15) is 5.11 Å². The van der Waals surface area contributed by atoms with Crippen molar-refractivity contribution in [3.63, 3.8) is 0 Å². The average Bonchev–Trinajstić information content (AvgIpc) is 3.13. The first-order chi connectivity index (χ1) is 24.2. The fraction of sp³-hybridized carbons (Fsp3) is 0.400. The molecule has 1 N–H and O–H groups in total. The number of ether oxygens (including phenoxy) is 7. The van der Waals surface area contributed by atoms with Crippen molar-refractivity contribution in [2.24, 2.45) is 0 Å². The molecule has 0 saturated carbocycles. The molecular formula is C40H46N2O8. The Balaban J connectivity index is 1.43. The Morgan fingerprint density at radius 1 is 0.620 bits per heavy atom. The van der Waals surface area contributed by atoms with Crippen LogP contribution in [0.5, 0.6) is 51.7 Å². The van der Waals surface area contributed by atoms with Gasteiger partial charge in [0.1, 0.15) is 5.75 Å². The number of nitrogens with zero attached hydrogens (tertiary/aromatic N) is 2. The van der Waals surface area contributed by atoms with Crippen LogP contribution in [-0.4, -0.2) is 84.7 Å². The largest absolute Gasteiger partial charge is 0.504 e. The van der Waals surface area contributed by atoms with E-state index in [0.717, 1.165) is 65.7 Å². The first-order valence-corrected chi connectivity index (χ1v) is 17.0. The minimum Gasteiger partial charge on any atom is -0.504 e. The van der Waals surface area contributed by atoms with Crippen molar-refractivity contribution < 1.29 is 38.3 Å². The lowest BCUT2D eigenvalue weighted by atomic mass is 9.76. The number of aromatic hydroxyl groups is 1. The highest BCUT2D eigenvalue weighted by atomic mass is 16.5. The quantitative estimate of drug-likeness (QED) is 0.194. The normalized spacial score (nSPS) is 18.0. The summed E-state index contributed by atoms with van der Waals surface area (Å²) < 4.78 is 42.2. The van der Waals surface area contributed by atoms with Crippen molar-refractivity contribution in [2.45, 2.75) is 37.8 Å². The van der Waals surface area contributed by atoms with Crippen LogP contribution in [0.15, 0.2) is 42.5 Å². The molecule has 0 amide bonds. The summed E-state index contributed by atoms with van der Waals surface area (Å²) in [7, 11) is 14.2. The summed E-state index contributed by atoms with van der Waals surface area (Å²) in [6, 6.07) is 14.0. The van der Waals surface area contributed by atoms with Gasteiger partial charge in [0.25, 0.3) is 0 Å². The van der Waals surface area contributed by atoms with Crippen molar-refractivity contribution >= 4 is 0 Å². The molecule has 2 heterocycles. The van der Waals surface area contributed by atoms with Gasteiger partial charge in [-0.3, -0.25) is 9.80 Å². The van der Waals surface area contributed by atoms with Crippen LogP contribution in [0.4, 0.5) is 0 Å². The maximum atomic E-state index is 10.8. The van der Waals surface area contributed by atoms with Gasteiger partial charge in [-0.15, -0.1) is 0 Å². The fourth-order valence-corrected chi connectivity index (χ4v) is 8.10. The molecule has 264 valence electrons. The maximum absolute atomic E-state index is 10.8. The molecule has 0 spiro atoms. The first-order valence-electron chi connectivity index (χ1n) is 17.0. The van der Waals surface area contributed by atoms with E-state index in [1.165, 1.54) is 11.1 Å². The molecule has 7 rings (SSSR count). The van der Waals surface area contributed by atoms with Crippen molar-refractivity contribution in [1.29, 1.82) is 0 Å². The van der Waals surface area contributed by atoms with Crippen molar-refractivity contribution in [2.75, 3.05) is 69.8 Å². The third-order valence-corrected chi connectivity index (χ3v) is 10.7. The molecule has 10 heteroatoms. The molecule has 2 unspecified atom stereocenters. The average molecular weight is 683 g/mol. The molecule has 10 nitrogen and oxygen atoms in total. The van der Waals surface area contributed by atoms with E-state index in [1.807, 2.05) is 30.3 Å². The molecule has 0 saturated heterocycles. The van der Waals surface area contributed by atoms with Gasteiger partial charge >= 0.3 is 0 Å². The SMILES string of the molecule is COc1cc2c(cc1O)C(Cc1cc(OC)c(OC)cc1Oc1c(OC)cc3c4c1-c1c(ccc(OC)c1OC)CC4N(C)CC3)N(C)CC2. The molecule has 0 bridgehead atoms. The topological polar surface area (TPSA) is 91.3 Å². The van der Waals surface area contributed by atoms with E-state index in [4.69, 9.17) is 33.2 Å². The third kappa shape index (κ3) is 5.51. The van der Waals surface area contributed by atoms with Gasteiger partial charge in [0.15, 0.2) is 46.0 Å². The summed E-state index contributed by atoms with van der Waals surface area (Å²) in [6.07, 6.45) is 3.15. The van der Waals surface area contributed by atoms with Gasteiger partial charge in [0.2, 0.25) is 0 Å². The minimum atomic E-state index is -0.0529. The number of hydrogen-bond acceptors (Lipinski definition) is 10. The Bertz CT molecular complexity index is 1940. The lowest BCUT2D eigenvalue weighted by molar-refractivity contribution is 0.225. The van der Waals surface area contributed by atoms with E-state index in [-0.39, 0.29) is 17.8 Å². The van der Waals surface area contributed by atoms with Crippen LogP contribution in [0.25, 0.3) is 11.1 Å². The molecule has 0 fully saturated rings. The smallest absolute Gasteiger partial charge is 0.177 e. The number of hydrogen-bond donors (Lipinski definition) is 1. The number of phenols is 1. The highest BCUT2D eigenvalue weighted by Crippen LogP contribution is 2.57. The van der Waals surface area contributed by atoms with Crippen LogP contribution in [0.1, 0.15) is 45.5 Å². The Hall–Kier alpha value is -4.80. The molecule has 0 radical (unpaired) electrons. The van der Waals surface area contributed by atoms with Gasteiger partial charge < -0.3 is 38.3 Å². The number of rotatable bonds is 10. The van der Waals surface area contributed by atoms with E-state index in [2.05, 4.69) is 36.0 Å². The predicted molar refractivity (Wildman–Crippen MR) is 191 cm³/mol. The van der Waals surface area contributed by atoms with E-state index < -0.39 is 0 Å². The van der Waals surface area contributed by atoms with Gasteiger partial charge in [-0.25, -0.2) is 0 Å². The molecule has 4 aromatic rings. The second-order valence-corrected chi connectivity index (χ2v) is 13.2. The lowest BCUT2D eigenvalue weighted by Gasteiger charge is -2.41. The van der Waals surface area contributed by atoms with Gasteiger partial charge in [-0.05, 0) is 97.9 Å². The van der Waals surface area contributed by atoms with Crippen LogP contribution in [0.3, 0.4) is 0 Å². The second kappa shape index (κ2) is 13.5. The minimum absolute atomic E-state index is 0.0529. The molecule has 0 aromatic heterocycles. The number of methoxy groups -OCH3 is 6. The molecule has 2 aliphatic heterocycles. The highest BCUT2D eigenvalue weighted by molar-refractivity contribution is 5.89. The molecule has 4 aromatic carbocycles. The van der Waals surface area contributed by atoms with Crippen LogP contribution in [-0.2, 0) is 25.7 Å². The van der Waals surface area contributed by atoms with Crippen LogP contribution >= 0.6 is 0 Å². The van der Waals surface area contributed by atoms with Crippen LogP contribution < -0.4 is 33.2 Å². The zero-order valence-electron chi connectivity index (χ0n) is 30.1. The van der Waals surface area contributed by atoms with E-state index in [0.29, 0.717) is 52.4 Å². The summed E-state index contributed by atoms with van der Waals surface area (Å²) in [4.78, 5) is 4.73. The maximum Gasteiger partial charge on any atom is 0.177 e. The predicted octanol–water partition coefficient (Wildman–Crippen LogP) is 6.76. The van der Waals surface area contributed by atoms with E-state index >= 15 is 0 Å². The molecule has 2 atom stereocenters. The Morgan fingerprint density at radius 3 is 1.98 bits per heavy atom. The van der Waals surface area contributed by atoms with Gasteiger partial charge in [0.05, 0.1) is 42.7 Å². The number of likely N-dealkylation sites (N-methyl/N-ethyl adjacent to an activating group) is 2. The zero-order valence-corrected chi connectivity index (χ0v) is 30.1. The monoisotopic (exact) mass is 682 g/mol. The summed E-state index contributed by atoms with van der Waals surface area (Å²) in [5, 5.41) is 10.8. The second-order valence-electron chi connectivity index (χ2n) is 13.2. The van der Waals surface area contributed by atoms with Gasteiger partial charge in [-0.1, -0.05) is 6.07 Å². The van der Waals surface area contributed by atoms with Crippen molar-refractivity contribution in [3.05, 3.63) is 75.8 Å². The summed E-state index contributed by atoms with van der Waals surface area (Å²) in [5.74, 6) is 4.93. The first kappa shape index (κ1) is 33.7. The third-order valence-electron chi connectivity index (χ3n) is 10.7. The molecule has 50 heavy (non-hydrogen) atoms. The molecule has 1 aliphatic carbocycles. The van der Waals surface area contributed by atoms with Crippen LogP contribution in [0, 0.1) is 0 Å². The summed E-state index contributed by atoms with van der Waals surface area (Å²) >= 11 is 0. The standard InChI is InChI=1S/C40H46N2O8/c1-41-13-11-22-17-32(45-4)29(43)20-26(22)27(41)16-25-19-33(46-5)34(47-6)21-31(25)50-40-35(48-7)18-24-12-14-42(2)28-15-23-9-10-30(44-3)39(49-8)37(23)38(40)36(24)28/h9-10,17-21,27-28,43H,11-16H2,1-8H3. The molecular weight excluding hydrogens is 636 g/mol. The summed E-state index contributed by atoms with van der Waals surface area (Å²) in [5.41, 5.74) is 8.64. The zero-order chi connectivity index (χ0) is 35.3. The summed E-state index contributed by atoms with van der Waals surface area (Å²) in [6.45, 7) is 1.80. The number of benzene rings is 4. The Kier molecular flexibility index (Phi) is 9.09. The van der Waals surface area contributed by atoms with Crippen molar-refractivity contribution in [1.82, 2.24) is 9.80 Å². The number of phenolic OH excluding ortho intramolecular Hbond substituents is 1. The fourth-order valence-electron chi connectivity index (χ4n) is 8.10. The molecule has 3 aliphatic rings. The Morgan fingerprint density at radius 2 is 1.28 bits per heavy atom. The van der Waals surface area contributed by atoms with Crippen molar-refractivity contribution in [3.8, 4) is 62.9 Å². The number of fused-ring (bicyclic) bond motifs is 3. The van der Waals surface area contributed by atoms with Gasteiger partial charge in [-0.2, -0.15) is 0 Å². The van der Waals surface area contributed by atoms with Gasteiger partial charge in [0, 0.05) is 47.9 Å².